The van der Waals surface area contributed by atoms with Crippen LogP contribution in [0.2, 0.25) is 0 Å². The number of para-hydroxylation sites is 1. The average Bonchev–Trinajstić information content (AvgIpc) is 3.52. The maximum atomic E-state index is 13.5. The number of benzene rings is 1. The van der Waals surface area contributed by atoms with Gasteiger partial charge < -0.3 is 20.9 Å². The van der Waals surface area contributed by atoms with Crippen LogP contribution < -0.4 is 10.6 Å². The summed E-state index contributed by atoms with van der Waals surface area (Å²) in [6.07, 6.45) is 11.4. The van der Waals surface area contributed by atoms with Gasteiger partial charge in [-0.25, -0.2) is 4.79 Å². The Kier molecular flexibility index (Phi) is 5.64. The molecule has 3 aliphatic rings. The van der Waals surface area contributed by atoms with Crippen molar-refractivity contribution in [1.29, 1.82) is 10.7 Å². The summed E-state index contributed by atoms with van der Waals surface area (Å²) in [5.41, 5.74) is 3.82. The number of fused-ring (bicyclic) bond motifs is 1. The Bertz CT molecular complexity index is 1470. The molecule has 37 heavy (non-hydrogen) atoms. The lowest BCUT2D eigenvalue weighted by molar-refractivity contribution is 0.153. The van der Waals surface area contributed by atoms with Crippen molar-refractivity contribution < 1.29 is 4.79 Å². The summed E-state index contributed by atoms with van der Waals surface area (Å²) in [6.45, 7) is 2.09. The predicted octanol–water partition coefficient (Wildman–Crippen LogP) is 4.23. The third-order valence-corrected chi connectivity index (χ3v) is 8.33. The van der Waals surface area contributed by atoms with E-state index in [-0.39, 0.29) is 11.4 Å². The topological polar surface area (TPSA) is 118 Å². The van der Waals surface area contributed by atoms with Gasteiger partial charge in [0.25, 0.3) is 0 Å². The zero-order valence-electron chi connectivity index (χ0n) is 20.6. The smallest absolute Gasteiger partial charge is 0.318 e. The number of hydrogen-bond acceptors (Lipinski definition) is 6. The molecule has 2 amide bonds. The second kappa shape index (κ2) is 9.00. The third kappa shape index (κ3) is 4.01. The van der Waals surface area contributed by atoms with Gasteiger partial charge in [-0.2, -0.15) is 5.26 Å². The number of urea groups is 1. The number of amides is 2. The van der Waals surface area contributed by atoms with Crippen molar-refractivity contribution >= 4 is 22.6 Å². The maximum absolute atomic E-state index is 13.5. The number of pyridine rings is 2. The minimum absolute atomic E-state index is 0.0932. The van der Waals surface area contributed by atoms with Crippen LogP contribution in [0.5, 0.6) is 0 Å². The number of nitrogens with zero attached hydrogens (tertiary/aromatic N) is 4. The highest BCUT2D eigenvalue weighted by atomic mass is 16.2. The SMILES string of the molecule is N#Cc1ccncc1C1(NC(=O)N2CCC3(CCN/C3=C\C(=N)c3cnc4ccccc4c3)C2)CCC1. The van der Waals surface area contributed by atoms with Gasteiger partial charge in [0.2, 0.25) is 0 Å². The van der Waals surface area contributed by atoms with Gasteiger partial charge in [-0.05, 0) is 56.4 Å². The van der Waals surface area contributed by atoms with E-state index in [4.69, 9.17) is 5.41 Å². The van der Waals surface area contributed by atoms with E-state index in [1.165, 1.54) is 0 Å². The van der Waals surface area contributed by atoms with Crippen LogP contribution in [0.1, 0.15) is 48.8 Å². The quantitative estimate of drug-likeness (QED) is 0.472. The van der Waals surface area contributed by atoms with Crippen molar-refractivity contribution in [2.24, 2.45) is 5.41 Å². The van der Waals surface area contributed by atoms with Crippen LogP contribution in [0.25, 0.3) is 10.9 Å². The zero-order chi connectivity index (χ0) is 25.5. The van der Waals surface area contributed by atoms with Crippen LogP contribution in [0.4, 0.5) is 4.79 Å². The van der Waals surface area contributed by atoms with Crippen LogP contribution >= 0.6 is 0 Å². The van der Waals surface area contributed by atoms with E-state index in [2.05, 4.69) is 26.7 Å². The summed E-state index contributed by atoms with van der Waals surface area (Å²) in [5.74, 6) is 0. The Morgan fingerprint density at radius 2 is 2.05 bits per heavy atom. The normalized spacial score (nSPS) is 23.0. The number of nitriles is 1. The summed E-state index contributed by atoms with van der Waals surface area (Å²) in [7, 11) is 0. The van der Waals surface area contributed by atoms with E-state index in [9.17, 15) is 10.1 Å². The minimum atomic E-state index is -0.524. The molecule has 2 saturated heterocycles. The van der Waals surface area contributed by atoms with Crippen LogP contribution in [0.15, 0.2) is 66.8 Å². The second-order valence-electron chi connectivity index (χ2n) is 10.4. The number of aromatic nitrogens is 2. The molecule has 2 aliphatic heterocycles. The maximum Gasteiger partial charge on any atom is 0.318 e. The van der Waals surface area contributed by atoms with Gasteiger partial charge >= 0.3 is 6.03 Å². The molecule has 6 rings (SSSR count). The summed E-state index contributed by atoms with van der Waals surface area (Å²) < 4.78 is 0. The molecule has 4 heterocycles. The van der Waals surface area contributed by atoms with Gasteiger partial charge in [0.15, 0.2) is 0 Å². The summed E-state index contributed by atoms with van der Waals surface area (Å²) in [5, 5.41) is 26.1. The molecular formula is C29H29N7O. The van der Waals surface area contributed by atoms with Crippen molar-refractivity contribution in [3.8, 4) is 6.07 Å². The van der Waals surface area contributed by atoms with Crippen molar-refractivity contribution in [2.75, 3.05) is 19.6 Å². The molecule has 1 unspecified atom stereocenters. The van der Waals surface area contributed by atoms with Crippen LogP contribution in [-0.2, 0) is 5.54 Å². The standard InChI is InChI=1S/C29H29N7O/c30-16-21-6-11-32-18-23(21)29(7-3-8-29)35-27(37)36-13-10-28(19-36)9-12-33-26(28)15-24(31)22-14-20-4-1-2-5-25(20)34-17-22/h1-2,4-6,11,14-15,17-18,31,33H,3,7-10,12-13,19H2,(H,35,37)/b26-15-,31-24?. The molecule has 8 nitrogen and oxygen atoms in total. The van der Waals surface area contributed by atoms with Crippen molar-refractivity contribution in [3.63, 3.8) is 0 Å². The first kappa shape index (κ1) is 23.2. The van der Waals surface area contributed by atoms with E-state index in [1.807, 2.05) is 41.3 Å². The number of likely N-dealkylation sites (tertiary alicyclic amines) is 1. The van der Waals surface area contributed by atoms with Gasteiger partial charge in [-0.3, -0.25) is 9.97 Å². The fourth-order valence-electron chi connectivity index (χ4n) is 6.03. The number of nitrogens with one attached hydrogen (secondary N) is 3. The Morgan fingerprint density at radius 3 is 2.86 bits per heavy atom. The highest BCUT2D eigenvalue weighted by Gasteiger charge is 2.48. The molecule has 2 aromatic heterocycles. The molecule has 3 aromatic rings. The van der Waals surface area contributed by atoms with E-state index < -0.39 is 5.54 Å². The number of hydrogen-bond donors (Lipinski definition) is 3. The highest BCUT2D eigenvalue weighted by Crippen LogP contribution is 2.45. The Hall–Kier alpha value is -4.25. The summed E-state index contributed by atoms with van der Waals surface area (Å²) in [4.78, 5) is 24.1. The number of rotatable bonds is 4. The van der Waals surface area contributed by atoms with Gasteiger partial charge in [0, 0.05) is 65.8 Å². The lowest BCUT2D eigenvalue weighted by atomic mass is 9.71. The fraction of sp³-hybridized carbons (Fsp3) is 0.345. The monoisotopic (exact) mass is 491 g/mol. The molecule has 186 valence electrons. The van der Waals surface area contributed by atoms with Crippen molar-refractivity contribution in [3.05, 3.63) is 83.5 Å². The molecule has 1 aromatic carbocycles. The number of carbonyl (C=O) groups excluding carboxylic acids is 1. The predicted molar refractivity (Wildman–Crippen MR) is 141 cm³/mol. The van der Waals surface area contributed by atoms with Crippen LogP contribution in [-0.4, -0.2) is 46.2 Å². The van der Waals surface area contributed by atoms with E-state index in [1.54, 1.807) is 24.7 Å². The van der Waals surface area contributed by atoms with Crippen molar-refractivity contribution in [2.45, 2.75) is 37.6 Å². The summed E-state index contributed by atoms with van der Waals surface area (Å²) in [6, 6.07) is 13.8. The lowest BCUT2D eigenvalue weighted by Crippen LogP contribution is -2.55. The molecule has 1 atom stereocenters. The lowest BCUT2D eigenvalue weighted by Gasteiger charge is -2.44. The van der Waals surface area contributed by atoms with E-state index in [0.29, 0.717) is 24.4 Å². The van der Waals surface area contributed by atoms with Crippen LogP contribution in [0, 0.1) is 22.2 Å². The summed E-state index contributed by atoms with van der Waals surface area (Å²) >= 11 is 0. The van der Waals surface area contributed by atoms with Crippen molar-refractivity contribution in [1.82, 2.24) is 25.5 Å². The van der Waals surface area contributed by atoms with E-state index in [0.717, 1.165) is 66.4 Å². The van der Waals surface area contributed by atoms with Gasteiger partial charge in [0.05, 0.1) is 28.4 Å². The third-order valence-electron chi connectivity index (χ3n) is 8.33. The Morgan fingerprint density at radius 1 is 1.19 bits per heavy atom. The Balaban J connectivity index is 1.19. The molecule has 0 radical (unpaired) electrons. The fourth-order valence-corrected chi connectivity index (χ4v) is 6.03. The average molecular weight is 492 g/mol. The van der Waals surface area contributed by atoms with E-state index >= 15 is 0 Å². The molecule has 1 spiro atoms. The Labute approximate surface area is 215 Å². The first-order valence-electron chi connectivity index (χ1n) is 12.8. The molecule has 8 heteroatoms. The van der Waals surface area contributed by atoms with Crippen LogP contribution in [0.3, 0.4) is 0 Å². The first-order valence-corrected chi connectivity index (χ1v) is 12.8. The molecule has 1 aliphatic carbocycles. The van der Waals surface area contributed by atoms with Gasteiger partial charge in [-0.15, -0.1) is 0 Å². The molecular weight excluding hydrogens is 462 g/mol. The number of carbonyl (C=O) groups is 1. The highest BCUT2D eigenvalue weighted by molar-refractivity contribution is 6.08. The first-order chi connectivity index (χ1) is 18.0. The largest absolute Gasteiger partial charge is 0.388 e. The molecule has 1 saturated carbocycles. The minimum Gasteiger partial charge on any atom is -0.388 e. The molecule has 0 bridgehead atoms. The van der Waals surface area contributed by atoms with Gasteiger partial charge in [0.1, 0.15) is 0 Å². The van der Waals surface area contributed by atoms with Gasteiger partial charge in [-0.1, -0.05) is 18.2 Å². The molecule has 3 N–H and O–H groups in total. The molecule has 3 fully saturated rings. The zero-order valence-corrected chi connectivity index (χ0v) is 20.6. The number of allylic oxidation sites excluding steroid dienone is 1. The second-order valence-corrected chi connectivity index (χ2v) is 10.4.